The molecule has 0 saturated carbocycles. The Hall–Kier alpha value is -1.17. The largest absolute Gasteiger partial charge is 0.480 e. The van der Waals surface area contributed by atoms with Crippen LogP contribution in [0.2, 0.25) is 0 Å². The van der Waals surface area contributed by atoms with Crippen LogP contribution in [-0.4, -0.2) is 34.0 Å². The summed E-state index contributed by atoms with van der Waals surface area (Å²) in [5.74, 6) is -1.76. The Bertz CT molecular complexity index is 473. The van der Waals surface area contributed by atoms with Gasteiger partial charge in [-0.3, -0.25) is 4.79 Å². The third kappa shape index (κ3) is 6.00. The first-order chi connectivity index (χ1) is 8.79. The van der Waals surface area contributed by atoms with Crippen LogP contribution in [-0.2, 0) is 9.53 Å². The average molecular weight is 327 g/mol. The zero-order valence-electron chi connectivity index (χ0n) is 9.53. The van der Waals surface area contributed by atoms with Gasteiger partial charge >= 0.3 is 11.9 Å². The third-order valence-electron chi connectivity index (χ3n) is 1.94. The molecule has 0 radical (unpaired) electrons. The Kier molecular flexibility index (Phi) is 5.72. The summed E-state index contributed by atoms with van der Waals surface area (Å²) in [4.78, 5) is 22.3. The molecule has 1 rings (SSSR count). The van der Waals surface area contributed by atoms with E-state index in [1.165, 1.54) is 6.07 Å². The first-order valence-electron chi connectivity index (χ1n) is 5.08. The van der Waals surface area contributed by atoms with Gasteiger partial charge in [0.15, 0.2) is 0 Å². The van der Waals surface area contributed by atoms with Crippen molar-refractivity contribution in [2.24, 2.45) is 0 Å². The lowest BCUT2D eigenvalue weighted by molar-refractivity contribution is -0.134. The number of halogens is 3. The number of ether oxygens (including phenoxy) is 1. The Morgan fingerprint density at radius 3 is 2.47 bits per heavy atom. The van der Waals surface area contributed by atoms with Crippen LogP contribution in [0.25, 0.3) is 0 Å². The lowest BCUT2D eigenvalue weighted by Crippen LogP contribution is -2.19. The van der Waals surface area contributed by atoms with Crippen LogP contribution < -0.4 is 5.32 Å². The van der Waals surface area contributed by atoms with Crippen molar-refractivity contribution < 1.29 is 19.4 Å². The highest BCUT2D eigenvalue weighted by atomic mass is 35.6. The van der Waals surface area contributed by atoms with Gasteiger partial charge in [0.05, 0.1) is 5.56 Å². The maximum absolute atomic E-state index is 11.8. The number of carbonyl (C=O) groups is 2. The van der Waals surface area contributed by atoms with Gasteiger partial charge in [-0.2, -0.15) is 0 Å². The summed E-state index contributed by atoms with van der Waals surface area (Å²) in [5.41, 5.74) is 0.497. The van der Waals surface area contributed by atoms with Gasteiger partial charge in [0, 0.05) is 5.69 Å². The van der Waals surface area contributed by atoms with Crippen LogP contribution in [0.4, 0.5) is 5.69 Å². The summed E-state index contributed by atoms with van der Waals surface area (Å²) >= 11 is 16.4. The fraction of sp³-hybridized carbons (Fsp3) is 0.273. The van der Waals surface area contributed by atoms with Gasteiger partial charge in [-0.25, -0.2) is 4.79 Å². The Morgan fingerprint density at radius 2 is 1.89 bits per heavy atom. The third-order valence-corrected chi connectivity index (χ3v) is 2.27. The van der Waals surface area contributed by atoms with Crippen molar-refractivity contribution in [2.45, 2.75) is 3.79 Å². The molecule has 2 N–H and O–H groups in total. The molecule has 5 nitrogen and oxygen atoms in total. The fourth-order valence-corrected chi connectivity index (χ4v) is 1.37. The summed E-state index contributed by atoms with van der Waals surface area (Å²) in [7, 11) is 0. The Morgan fingerprint density at radius 1 is 1.26 bits per heavy atom. The fourth-order valence-electron chi connectivity index (χ4n) is 1.21. The number of hydrogen-bond donors (Lipinski definition) is 2. The number of aliphatic carboxylic acids is 1. The lowest BCUT2D eigenvalue weighted by atomic mass is 10.2. The van der Waals surface area contributed by atoms with E-state index in [4.69, 9.17) is 44.6 Å². The second-order valence-electron chi connectivity index (χ2n) is 3.48. The molecule has 0 fully saturated rings. The molecule has 0 aliphatic rings. The molecule has 0 aliphatic carbocycles. The number of carboxylic acid groups (broad SMARTS) is 1. The summed E-state index contributed by atoms with van der Waals surface area (Å²) in [6, 6.07) is 6.29. The molecule has 0 aromatic heterocycles. The molecular formula is C11H10Cl3NO4. The van der Waals surface area contributed by atoms with Gasteiger partial charge in [-0.1, -0.05) is 46.9 Å². The number of nitrogens with one attached hydrogen (secondary N) is 1. The molecule has 0 aliphatic heterocycles. The van der Waals surface area contributed by atoms with E-state index in [1.807, 2.05) is 0 Å². The number of hydrogen-bond acceptors (Lipinski definition) is 4. The Labute approximate surface area is 124 Å². The summed E-state index contributed by atoms with van der Waals surface area (Å²) in [6.45, 7) is -0.724. The van der Waals surface area contributed by atoms with Crippen molar-refractivity contribution in [3.63, 3.8) is 0 Å². The minimum absolute atomic E-state index is 0.165. The zero-order valence-corrected chi connectivity index (χ0v) is 11.8. The standard InChI is InChI=1S/C11H10Cl3NO4/c12-11(13,14)6-19-10(18)7-3-1-2-4-8(7)15-5-9(16)17/h1-4,15H,5-6H2,(H,16,17). The van der Waals surface area contributed by atoms with Gasteiger partial charge < -0.3 is 15.2 Å². The molecule has 0 unspecified atom stereocenters. The van der Waals surface area contributed by atoms with Crippen molar-refractivity contribution >= 4 is 52.4 Å². The maximum atomic E-state index is 11.8. The molecule has 0 atom stereocenters. The number of benzene rings is 1. The van der Waals surface area contributed by atoms with Gasteiger partial charge in [0.1, 0.15) is 13.2 Å². The minimum Gasteiger partial charge on any atom is -0.480 e. The zero-order chi connectivity index (χ0) is 14.5. The van der Waals surface area contributed by atoms with Crippen molar-refractivity contribution in [3.05, 3.63) is 29.8 Å². The van der Waals surface area contributed by atoms with E-state index in [2.05, 4.69) is 5.32 Å². The van der Waals surface area contributed by atoms with Crippen LogP contribution in [0.3, 0.4) is 0 Å². The predicted octanol–water partition coefficient (Wildman–Crippen LogP) is 2.71. The highest BCUT2D eigenvalue weighted by Crippen LogP contribution is 2.27. The molecular weight excluding hydrogens is 316 g/mol. The molecule has 104 valence electrons. The summed E-state index contributed by atoms with van der Waals surface area (Å²) in [5, 5.41) is 11.2. The van der Waals surface area contributed by atoms with Crippen LogP contribution in [0.15, 0.2) is 24.3 Å². The molecule has 0 bridgehead atoms. The lowest BCUT2D eigenvalue weighted by Gasteiger charge is -2.13. The Balaban J connectivity index is 2.76. The van der Waals surface area contributed by atoms with Crippen LogP contribution in [0.5, 0.6) is 0 Å². The molecule has 0 heterocycles. The second-order valence-corrected chi connectivity index (χ2v) is 6.00. The average Bonchev–Trinajstić information content (AvgIpc) is 2.33. The van der Waals surface area contributed by atoms with Crippen molar-refractivity contribution in [1.82, 2.24) is 0 Å². The number of rotatable bonds is 5. The molecule has 0 saturated heterocycles. The quantitative estimate of drug-likeness (QED) is 0.643. The summed E-state index contributed by atoms with van der Waals surface area (Å²) < 4.78 is 3.12. The molecule has 0 amide bonds. The first kappa shape index (κ1) is 15.9. The van der Waals surface area contributed by atoms with E-state index in [0.717, 1.165) is 0 Å². The highest BCUT2D eigenvalue weighted by Gasteiger charge is 2.23. The van der Waals surface area contributed by atoms with Gasteiger partial charge in [0.2, 0.25) is 3.79 Å². The van der Waals surface area contributed by atoms with E-state index < -0.39 is 22.3 Å². The highest BCUT2D eigenvalue weighted by molar-refractivity contribution is 6.67. The van der Waals surface area contributed by atoms with Gasteiger partial charge in [0.25, 0.3) is 0 Å². The molecule has 0 spiro atoms. The van der Waals surface area contributed by atoms with Crippen molar-refractivity contribution in [2.75, 3.05) is 18.5 Å². The molecule has 8 heteroatoms. The van der Waals surface area contributed by atoms with E-state index in [0.29, 0.717) is 5.69 Å². The van der Waals surface area contributed by atoms with E-state index in [-0.39, 0.29) is 12.1 Å². The summed E-state index contributed by atoms with van der Waals surface area (Å²) in [6.07, 6.45) is 0. The first-order valence-corrected chi connectivity index (χ1v) is 6.21. The van der Waals surface area contributed by atoms with E-state index in [1.54, 1.807) is 18.2 Å². The van der Waals surface area contributed by atoms with Crippen LogP contribution >= 0.6 is 34.8 Å². The second kappa shape index (κ2) is 6.84. The number of para-hydroxylation sites is 1. The number of alkyl halides is 3. The number of anilines is 1. The van der Waals surface area contributed by atoms with Gasteiger partial charge in [-0.05, 0) is 12.1 Å². The van der Waals surface area contributed by atoms with Crippen molar-refractivity contribution in [3.8, 4) is 0 Å². The van der Waals surface area contributed by atoms with Crippen LogP contribution in [0.1, 0.15) is 10.4 Å². The van der Waals surface area contributed by atoms with E-state index >= 15 is 0 Å². The van der Waals surface area contributed by atoms with E-state index in [9.17, 15) is 9.59 Å². The van der Waals surface area contributed by atoms with Crippen molar-refractivity contribution in [1.29, 1.82) is 0 Å². The smallest absolute Gasteiger partial charge is 0.340 e. The minimum atomic E-state index is -1.70. The number of carbonyl (C=O) groups excluding carboxylic acids is 1. The number of esters is 1. The normalized spacial score (nSPS) is 10.9. The SMILES string of the molecule is O=C(O)CNc1ccccc1C(=O)OCC(Cl)(Cl)Cl. The van der Waals surface area contributed by atoms with Gasteiger partial charge in [-0.15, -0.1) is 0 Å². The number of carboxylic acids is 1. The molecule has 1 aromatic rings. The molecule has 1 aromatic carbocycles. The molecule has 19 heavy (non-hydrogen) atoms. The maximum Gasteiger partial charge on any atom is 0.340 e. The van der Waals surface area contributed by atoms with Crippen LogP contribution in [0, 0.1) is 0 Å². The topological polar surface area (TPSA) is 75.6 Å². The predicted molar refractivity (Wildman–Crippen MR) is 73.1 cm³/mol. The monoisotopic (exact) mass is 325 g/mol.